The summed E-state index contributed by atoms with van der Waals surface area (Å²) in [5.74, 6) is -0.848. The molecule has 0 bridgehead atoms. The summed E-state index contributed by atoms with van der Waals surface area (Å²) in [4.78, 5) is 10.9. The van der Waals surface area contributed by atoms with E-state index in [1.165, 1.54) is 13.2 Å². The van der Waals surface area contributed by atoms with E-state index in [-0.39, 0.29) is 15.6 Å². The fourth-order valence-corrected chi connectivity index (χ4v) is 2.74. The fourth-order valence-electron chi connectivity index (χ4n) is 1.38. The van der Waals surface area contributed by atoms with Crippen LogP contribution in [0.1, 0.15) is 9.67 Å². The second kappa shape index (κ2) is 3.84. The number of hydrogen-bond donors (Lipinski definition) is 2. The topological polar surface area (TPSA) is 66.8 Å². The first-order valence-electron chi connectivity index (χ1n) is 4.27. The predicted molar refractivity (Wildman–Crippen MR) is 62.0 cm³/mol. The number of thiophene rings is 1. The molecular formula is C10H7ClO4S. The Kier molecular flexibility index (Phi) is 2.65. The Balaban J connectivity index is 2.77. The molecule has 0 saturated carbocycles. The summed E-state index contributed by atoms with van der Waals surface area (Å²) in [5.41, 5.74) is 0. The van der Waals surface area contributed by atoms with Gasteiger partial charge in [-0.15, -0.1) is 11.3 Å². The molecular weight excluding hydrogens is 252 g/mol. The van der Waals surface area contributed by atoms with Gasteiger partial charge < -0.3 is 14.9 Å². The number of aromatic carboxylic acids is 1. The van der Waals surface area contributed by atoms with E-state index in [0.29, 0.717) is 15.8 Å². The fraction of sp³-hybridized carbons (Fsp3) is 0.100. The molecule has 2 rings (SSSR count). The third kappa shape index (κ3) is 1.58. The van der Waals surface area contributed by atoms with Crippen LogP contribution in [0, 0.1) is 0 Å². The van der Waals surface area contributed by atoms with Gasteiger partial charge in [0.2, 0.25) is 0 Å². The van der Waals surface area contributed by atoms with E-state index in [9.17, 15) is 9.90 Å². The van der Waals surface area contributed by atoms with Crippen molar-refractivity contribution in [2.45, 2.75) is 0 Å². The number of carboxylic acid groups (broad SMARTS) is 1. The van der Waals surface area contributed by atoms with Gasteiger partial charge in [-0.3, -0.25) is 0 Å². The molecule has 84 valence electrons. The van der Waals surface area contributed by atoms with Gasteiger partial charge in [-0.1, -0.05) is 11.6 Å². The smallest absolute Gasteiger partial charge is 0.347 e. The standard InChI is InChI=1S/C10H7ClO4S/c1-15-6-3-7-4(2-5(6)12)8(11)9(16-7)10(13)14/h2-3,12H,1H3,(H,13,14). The number of carboxylic acids is 1. The molecule has 0 aliphatic carbocycles. The van der Waals surface area contributed by atoms with Crippen LogP contribution in [-0.4, -0.2) is 23.3 Å². The zero-order valence-electron chi connectivity index (χ0n) is 8.15. The van der Waals surface area contributed by atoms with Crippen LogP contribution in [0.5, 0.6) is 11.5 Å². The molecule has 0 fully saturated rings. The lowest BCUT2D eigenvalue weighted by atomic mass is 10.2. The number of ether oxygens (including phenoxy) is 1. The van der Waals surface area contributed by atoms with Gasteiger partial charge in [0.25, 0.3) is 0 Å². The average Bonchev–Trinajstić information content (AvgIpc) is 2.55. The number of hydrogen-bond acceptors (Lipinski definition) is 4. The molecule has 1 heterocycles. The highest BCUT2D eigenvalue weighted by atomic mass is 35.5. The first-order chi connectivity index (χ1) is 7.54. The zero-order chi connectivity index (χ0) is 11.9. The molecule has 0 radical (unpaired) electrons. The van der Waals surface area contributed by atoms with Crippen LogP contribution in [0.25, 0.3) is 10.1 Å². The van der Waals surface area contributed by atoms with Gasteiger partial charge in [-0.05, 0) is 6.07 Å². The third-order valence-electron chi connectivity index (χ3n) is 2.12. The number of methoxy groups -OCH3 is 1. The number of carbonyl (C=O) groups is 1. The van der Waals surface area contributed by atoms with Gasteiger partial charge in [-0.25, -0.2) is 4.79 Å². The third-order valence-corrected chi connectivity index (χ3v) is 3.77. The van der Waals surface area contributed by atoms with Gasteiger partial charge >= 0.3 is 5.97 Å². The van der Waals surface area contributed by atoms with E-state index in [4.69, 9.17) is 21.4 Å². The summed E-state index contributed by atoms with van der Waals surface area (Å²) >= 11 is 6.94. The van der Waals surface area contributed by atoms with Gasteiger partial charge in [0.15, 0.2) is 11.5 Å². The highest BCUT2D eigenvalue weighted by molar-refractivity contribution is 7.21. The molecule has 1 aromatic heterocycles. The van der Waals surface area contributed by atoms with Crippen LogP contribution in [0.3, 0.4) is 0 Å². The quantitative estimate of drug-likeness (QED) is 0.869. The maximum absolute atomic E-state index is 10.9. The second-order valence-electron chi connectivity index (χ2n) is 3.07. The normalized spacial score (nSPS) is 10.6. The molecule has 0 aliphatic heterocycles. The largest absolute Gasteiger partial charge is 0.504 e. The van der Waals surface area contributed by atoms with E-state index >= 15 is 0 Å². The Morgan fingerprint density at radius 1 is 1.50 bits per heavy atom. The summed E-state index contributed by atoms with van der Waals surface area (Å²) < 4.78 is 5.59. The van der Waals surface area contributed by atoms with Crippen LogP contribution in [0.15, 0.2) is 12.1 Å². The SMILES string of the molecule is COc1cc2sc(C(=O)O)c(Cl)c2cc1O. The Hall–Kier alpha value is -1.46. The van der Waals surface area contributed by atoms with Crippen LogP contribution in [-0.2, 0) is 0 Å². The molecule has 0 amide bonds. The summed E-state index contributed by atoms with van der Waals surface area (Å²) in [7, 11) is 1.42. The van der Waals surface area contributed by atoms with E-state index < -0.39 is 5.97 Å². The lowest BCUT2D eigenvalue weighted by Crippen LogP contribution is -1.91. The summed E-state index contributed by atoms with van der Waals surface area (Å²) in [6.07, 6.45) is 0. The van der Waals surface area contributed by atoms with Crippen molar-refractivity contribution in [3.63, 3.8) is 0 Å². The van der Waals surface area contributed by atoms with Crippen molar-refractivity contribution < 1.29 is 19.7 Å². The van der Waals surface area contributed by atoms with Crippen LogP contribution < -0.4 is 4.74 Å². The molecule has 0 spiro atoms. The van der Waals surface area contributed by atoms with Gasteiger partial charge in [0.1, 0.15) is 4.88 Å². The molecule has 2 N–H and O–H groups in total. The number of phenolic OH excluding ortho intramolecular Hbond substituents is 1. The lowest BCUT2D eigenvalue weighted by Gasteiger charge is -2.02. The van der Waals surface area contributed by atoms with Crippen LogP contribution in [0.4, 0.5) is 0 Å². The number of benzene rings is 1. The zero-order valence-corrected chi connectivity index (χ0v) is 9.72. The highest BCUT2D eigenvalue weighted by Gasteiger charge is 2.18. The number of aromatic hydroxyl groups is 1. The van der Waals surface area contributed by atoms with Crippen LogP contribution in [0.2, 0.25) is 5.02 Å². The second-order valence-corrected chi connectivity index (χ2v) is 4.50. The summed E-state index contributed by atoms with van der Waals surface area (Å²) in [6.45, 7) is 0. The van der Waals surface area contributed by atoms with Crippen molar-refractivity contribution in [2.75, 3.05) is 7.11 Å². The molecule has 6 heteroatoms. The van der Waals surface area contributed by atoms with Crippen molar-refractivity contribution in [3.8, 4) is 11.5 Å². The van der Waals surface area contributed by atoms with Gasteiger partial charge in [-0.2, -0.15) is 0 Å². The number of rotatable bonds is 2. The minimum absolute atomic E-state index is 0.0596. The van der Waals surface area contributed by atoms with E-state index in [2.05, 4.69) is 0 Å². The highest BCUT2D eigenvalue weighted by Crippen LogP contribution is 2.41. The first-order valence-corrected chi connectivity index (χ1v) is 5.46. The number of fused-ring (bicyclic) bond motifs is 1. The number of phenols is 1. The van der Waals surface area contributed by atoms with Crippen molar-refractivity contribution in [3.05, 3.63) is 22.0 Å². The molecule has 16 heavy (non-hydrogen) atoms. The van der Waals surface area contributed by atoms with Crippen molar-refractivity contribution in [1.29, 1.82) is 0 Å². The summed E-state index contributed by atoms with van der Waals surface area (Å²) in [5, 5.41) is 19.1. The molecule has 2 aromatic rings. The van der Waals surface area contributed by atoms with Gasteiger partial charge in [0, 0.05) is 16.2 Å². The predicted octanol–water partition coefficient (Wildman–Crippen LogP) is 2.97. The van der Waals surface area contributed by atoms with Crippen molar-refractivity contribution >= 4 is 39.0 Å². The molecule has 0 atom stereocenters. The molecule has 0 unspecified atom stereocenters. The van der Waals surface area contributed by atoms with Crippen LogP contribution >= 0.6 is 22.9 Å². The molecule has 4 nitrogen and oxygen atoms in total. The average molecular weight is 259 g/mol. The lowest BCUT2D eigenvalue weighted by molar-refractivity contribution is 0.0702. The minimum atomic E-state index is -1.08. The minimum Gasteiger partial charge on any atom is -0.504 e. The van der Waals surface area contributed by atoms with E-state index in [1.54, 1.807) is 6.07 Å². The van der Waals surface area contributed by atoms with Crippen molar-refractivity contribution in [2.24, 2.45) is 0 Å². The first kappa shape index (κ1) is 11.0. The monoisotopic (exact) mass is 258 g/mol. The van der Waals surface area contributed by atoms with E-state index in [1.807, 2.05) is 0 Å². The van der Waals surface area contributed by atoms with Gasteiger partial charge in [0.05, 0.1) is 12.1 Å². The Bertz CT molecular complexity index is 576. The Labute approximate surface area is 99.7 Å². The number of halogens is 1. The maximum Gasteiger partial charge on any atom is 0.347 e. The Morgan fingerprint density at radius 2 is 2.19 bits per heavy atom. The Morgan fingerprint density at radius 3 is 2.75 bits per heavy atom. The molecule has 1 aromatic carbocycles. The molecule has 0 saturated heterocycles. The summed E-state index contributed by atoms with van der Waals surface area (Å²) in [6, 6.07) is 2.97. The van der Waals surface area contributed by atoms with E-state index in [0.717, 1.165) is 11.3 Å². The maximum atomic E-state index is 10.9. The molecule has 0 aliphatic rings. The van der Waals surface area contributed by atoms with Crippen molar-refractivity contribution in [1.82, 2.24) is 0 Å².